The first kappa shape index (κ1) is 17.4. The Labute approximate surface area is 161 Å². The Balaban J connectivity index is 1.96. The van der Waals surface area contributed by atoms with Crippen molar-refractivity contribution < 1.29 is 0 Å². The first-order chi connectivity index (χ1) is 13.1. The van der Waals surface area contributed by atoms with Crippen molar-refractivity contribution in [2.45, 2.75) is 26.9 Å². The normalized spacial score (nSPS) is 17.3. The molecular formula is C23H26N4. The van der Waals surface area contributed by atoms with Crippen LogP contribution < -0.4 is 9.80 Å². The highest BCUT2D eigenvalue weighted by atomic mass is 15.5. The van der Waals surface area contributed by atoms with E-state index >= 15 is 0 Å². The Bertz CT molecular complexity index is 941. The molecule has 1 aromatic heterocycles. The second-order valence-electron chi connectivity index (χ2n) is 7.30. The number of nitrogens with zero attached hydrogens (tertiary/aromatic N) is 4. The standard InChI is InChI=1S/C23H26N4/c1-17(2)22-18(3)26(21-15-16-24-25(21)4)23(19-11-7-5-8-12-19)27(22)20-13-9-6-10-14-20/h5-17,23H,1-4H3. The number of aromatic nitrogens is 2. The molecule has 1 unspecified atom stereocenters. The molecule has 1 aliphatic rings. The van der Waals surface area contributed by atoms with Gasteiger partial charge >= 0.3 is 0 Å². The fourth-order valence-electron chi connectivity index (χ4n) is 4.12. The van der Waals surface area contributed by atoms with Crippen LogP contribution in [0.1, 0.15) is 32.5 Å². The van der Waals surface area contributed by atoms with Gasteiger partial charge in [-0.3, -0.25) is 4.68 Å². The van der Waals surface area contributed by atoms with E-state index in [1.807, 2.05) is 17.9 Å². The molecular weight excluding hydrogens is 332 g/mol. The number of hydrogen-bond donors (Lipinski definition) is 0. The summed E-state index contributed by atoms with van der Waals surface area (Å²) in [5, 5.41) is 4.43. The predicted molar refractivity (Wildman–Crippen MR) is 111 cm³/mol. The van der Waals surface area contributed by atoms with E-state index in [1.165, 1.54) is 22.6 Å². The van der Waals surface area contributed by atoms with Gasteiger partial charge in [-0.25, -0.2) is 0 Å². The third-order valence-corrected chi connectivity index (χ3v) is 5.20. The summed E-state index contributed by atoms with van der Waals surface area (Å²) in [7, 11) is 2.00. The zero-order chi connectivity index (χ0) is 19.0. The lowest BCUT2D eigenvalue weighted by Crippen LogP contribution is -2.34. The lowest BCUT2D eigenvalue weighted by molar-refractivity contribution is 0.645. The molecule has 2 heterocycles. The maximum absolute atomic E-state index is 4.43. The smallest absolute Gasteiger partial charge is 0.138 e. The maximum Gasteiger partial charge on any atom is 0.138 e. The van der Waals surface area contributed by atoms with E-state index in [0.29, 0.717) is 5.92 Å². The van der Waals surface area contributed by atoms with E-state index in [4.69, 9.17) is 0 Å². The molecule has 3 aromatic rings. The van der Waals surface area contributed by atoms with Crippen molar-refractivity contribution in [2.24, 2.45) is 13.0 Å². The first-order valence-corrected chi connectivity index (χ1v) is 9.47. The van der Waals surface area contributed by atoms with Gasteiger partial charge in [0.15, 0.2) is 0 Å². The van der Waals surface area contributed by atoms with E-state index < -0.39 is 0 Å². The molecule has 0 saturated heterocycles. The van der Waals surface area contributed by atoms with Gasteiger partial charge in [-0.15, -0.1) is 0 Å². The Kier molecular flexibility index (Phi) is 4.48. The van der Waals surface area contributed by atoms with E-state index in [0.717, 1.165) is 5.82 Å². The van der Waals surface area contributed by atoms with Gasteiger partial charge in [-0.2, -0.15) is 5.10 Å². The molecule has 1 aliphatic heterocycles. The number of allylic oxidation sites excluding steroid dienone is 2. The van der Waals surface area contributed by atoms with E-state index in [-0.39, 0.29) is 6.17 Å². The summed E-state index contributed by atoms with van der Waals surface area (Å²) in [6.07, 6.45) is 1.92. The molecule has 4 nitrogen and oxygen atoms in total. The first-order valence-electron chi connectivity index (χ1n) is 9.47. The maximum atomic E-state index is 4.43. The highest BCUT2D eigenvalue weighted by Crippen LogP contribution is 2.46. The molecule has 0 radical (unpaired) electrons. The SMILES string of the molecule is CC1=C(C(C)C)N(c2ccccc2)C(c2ccccc2)N1c1ccnn1C. The number of benzene rings is 2. The molecule has 1 atom stereocenters. The van der Waals surface area contributed by atoms with Crippen molar-refractivity contribution in [3.05, 3.63) is 89.9 Å². The van der Waals surface area contributed by atoms with Crippen LogP contribution in [-0.2, 0) is 7.05 Å². The van der Waals surface area contributed by atoms with Crippen LogP contribution in [0.5, 0.6) is 0 Å². The van der Waals surface area contributed by atoms with Crippen LogP contribution in [0.4, 0.5) is 11.5 Å². The second-order valence-corrected chi connectivity index (χ2v) is 7.30. The zero-order valence-corrected chi connectivity index (χ0v) is 16.4. The Morgan fingerprint density at radius 1 is 0.852 bits per heavy atom. The fraction of sp³-hybridized carbons (Fsp3) is 0.261. The predicted octanol–water partition coefficient (Wildman–Crippen LogP) is 5.33. The van der Waals surface area contributed by atoms with Crippen LogP contribution in [-0.4, -0.2) is 9.78 Å². The molecule has 4 heteroatoms. The molecule has 0 N–H and O–H groups in total. The minimum atomic E-state index is 0.0569. The quantitative estimate of drug-likeness (QED) is 0.630. The van der Waals surface area contributed by atoms with Crippen LogP contribution in [0, 0.1) is 5.92 Å². The molecule has 138 valence electrons. The Morgan fingerprint density at radius 3 is 2.04 bits per heavy atom. The number of para-hydroxylation sites is 1. The highest BCUT2D eigenvalue weighted by molar-refractivity contribution is 5.67. The van der Waals surface area contributed by atoms with Gasteiger partial charge in [0.25, 0.3) is 0 Å². The summed E-state index contributed by atoms with van der Waals surface area (Å²) in [4.78, 5) is 4.88. The van der Waals surface area contributed by atoms with Gasteiger partial charge in [-0.1, -0.05) is 62.4 Å². The van der Waals surface area contributed by atoms with Crippen molar-refractivity contribution in [1.29, 1.82) is 0 Å². The van der Waals surface area contributed by atoms with Gasteiger partial charge in [-0.05, 0) is 30.5 Å². The highest BCUT2D eigenvalue weighted by Gasteiger charge is 2.40. The third-order valence-electron chi connectivity index (χ3n) is 5.20. The van der Waals surface area contributed by atoms with E-state index in [9.17, 15) is 0 Å². The molecule has 27 heavy (non-hydrogen) atoms. The molecule has 0 amide bonds. The molecule has 0 fully saturated rings. The zero-order valence-electron chi connectivity index (χ0n) is 16.4. The Hall–Kier alpha value is -3.01. The topological polar surface area (TPSA) is 24.3 Å². The van der Waals surface area contributed by atoms with Gasteiger partial charge < -0.3 is 9.80 Å². The minimum Gasteiger partial charge on any atom is -0.318 e. The summed E-state index contributed by atoms with van der Waals surface area (Å²) in [6, 6.07) is 23.5. The van der Waals surface area contributed by atoms with Crippen molar-refractivity contribution in [2.75, 3.05) is 9.80 Å². The lowest BCUT2D eigenvalue weighted by Gasteiger charge is -2.35. The van der Waals surface area contributed by atoms with Crippen molar-refractivity contribution in [3.8, 4) is 0 Å². The van der Waals surface area contributed by atoms with E-state index in [1.54, 1.807) is 0 Å². The van der Waals surface area contributed by atoms with Gasteiger partial charge in [0.2, 0.25) is 0 Å². The molecule has 0 spiro atoms. The average Bonchev–Trinajstić information content (AvgIpc) is 3.23. The summed E-state index contributed by atoms with van der Waals surface area (Å²) >= 11 is 0. The van der Waals surface area contributed by atoms with E-state index in [2.05, 4.69) is 102 Å². The third kappa shape index (κ3) is 2.91. The van der Waals surface area contributed by atoms with Crippen LogP contribution >= 0.6 is 0 Å². The van der Waals surface area contributed by atoms with Crippen LogP contribution in [0.15, 0.2) is 84.3 Å². The number of rotatable bonds is 4. The van der Waals surface area contributed by atoms with Crippen molar-refractivity contribution >= 4 is 11.5 Å². The monoisotopic (exact) mass is 358 g/mol. The molecule has 0 saturated carbocycles. The molecule has 2 aromatic carbocycles. The summed E-state index contributed by atoms with van der Waals surface area (Å²) in [6.45, 7) is 6.76. The summed E-state index contributed by atoms with van der Waals surface area (Å²) in [5.74, 6) is 1.49. The van der Waals surface area contributed by atoms with Gasteiger partial charge in [0, 0.05) is 30.2 Å². The number of aryl methyl sites for hydroxylation is 1. The second kappa shape index (κ2) is 6.95. The van der Waals surface area contributed by atoms with Crippen LogP contribution in [0.3, 0.4) is 0 Å². The molecule has 0 bridgehead atoms. The Morgan fingerprint density at radius 2 is 1.48 bits per heavy atom. The van der Waals surface area contributed by atoms with Crippen LogP contribution in [0.25, 0.3) is 0 Å². The number of anilines is 2. The molecule has 4 rings (SSSR count). The fourth-order valence-corrected chi connectivity index (χ4v) is 4.12. The van der Waals surface area contributed by atoms with Crippen molar-refractivity contribution in [3.63, 3.8) is 0 Å². The van der Waals surface area contributed by atoms with Gasteiger partial charge in [0.1, 0.15) is 12.0 Å². The average molecular weight is 358 g/mol. The number of hydrogen-bond acceptors (Lipinski definition) is 3. The van der Waals surface area contributed by atoms with Gasteiger partial charge in [0.05, 0.1) is 6.20 Å². The minimum absolute atomic E-state index is 0.0569. The summed E-state index contributed by atoms with van der Waals surface area (Å²) < 4.78 is 1.95. The molecule has 0 aliphatic carbocycles. The largest absolute Gasteiger partial charge is 0.318 e. The lowest BCUT2D eigenvalue weighted by atomic mass is 10.1. The van der Waals surface area contributed by atoms with Crippen molar-refractivity contribution in [1.82, 2.24) is 9.78 Å². The van der Waals surface area contributed by atoms with Crippen LogP contribution in [0.2, 0.25) is 0 Å². The summed E-state index contributed by atoms with van der Waals surface area (Å²) in [5.41, 5.74) is 5.08.